The molecule has 8 heteroatoms. The van der Waals surface area contributed by atoms with Crippen LogP contribution in [0.5, 0.6) is 0 Å². The van der Waals surface area contributed by atoms with Gasteiger partial charge in [0.2, 0.25) is 0 Å². The van der Waals surface area contributed by atoms with E-state index in [0.717, 1.165) is 11.3 Å². The number of hydrogen-bond acceptors (Lipinski definition) is 4. The van der Waals surface area contributed by atoms with E-state index in [-0.39, 0.29) is 11.8 Å². The lowest BCUT2D eigenvalue weighted by Gasteiger charge is -2.10. The van der Waals surface area contributed by atoms with Crippen LogP contribution in [-0.2, 0) is 6.54 Å². The van der Waals surface area contributed by atoms with Gasteiger partial charge < -0.3 is 15.2 Å². The number of rotatable bonds is 6. The molecule has 2 aromatic carbocycles. The molecule has 0 aliphatic heterocycles. The molecule has 0 saturated heterocycles. The van der Waals surface area contributed by atoms with Crippen molar-refractivity contribution in [1.82, 2.24) is 14.9 Å². The van der Waals surface area contributed by atoms with E-state index in [1.165, 1.54) is 11.3 Å². The quantitative estimate of drug-likeness (QED) is 0.457. The highest BCUT2D eigenvalue weighted by Gasteiger charge is 2.10. The van der Waals surface area contributed by atoms with E-state index in [0.29, 0.717) is 27.7 Å². The lowest BCUT2D eigenvalue weighted by atomic mass is 10.1. The largest absolute Gasteiger partial charge is 0.347 e. The molecule has 4 rings (SSSR count). The second-order valence-electron chi connectivity index (χ2n) is 6.45. The first kappa shape index (κ1) is 19.9. The Balaban J connectivity index is 1.37. The van der Waals surface area contributed by atoms with Crippen LogP contribution >= 0.6 is 22.9 Å². The summed E-state index contributed by atoms with van der Waals surface area (Å²) in [4.78, 5) is 29.2. The molecular formula is C22H17ClN4O2S. The molecular weight excluding hydrogens is 420 g/mol. The summed E-state index contributed by atoms with van der Waals surface area (Å²) in [6.45, 7) is 0.393. The van der Waals surface area contributed by atoms with E-state index < -0.39 is 0 Å². The van der Waals surface area contributed by atoms with Crippen molar-refractivity contribution in [2.75, 3.05) is 5.32 Å². The average Bonchev–Trinajstić information content (AvgIpc) is 3.47. The number of nitrogens with zero attached hydrogens (tertiary/aromatic N) is 2. The van der Waals surface area contributed by atoms with Gasteiger partial charge in [0.1, 0.15) is 0 Å². The van der Waals surface area contributed by atoms with Crippen LogP contribution in [0.1, 0.15) is 25.6 Å². The predicted molar refractivity (Wildman–Crippen MR) is 118 cm³/mol. The first-order valence-electron chi connectivity index (χ1n) is 9.10. The van der Waals surface area contributed by atoms with E-state index in [2.05, 4.69) is 15.6 Å². The van der Waals surface area contributed by atoms with Crippen molar-refractivity contribution >= 4 is 40.4 Å². The number of carbonyl (C=O) groups excluding carboxylic acids is 2. The molecule has 0 aliphatic rings. The molecule has 30 heavy (non-hydrogen) atoms. The number of amides is 2. The van der Waals surface area contributed by atoms with Gasteiger partial charge in [-0.25, -0.2) is 4.98 Å². The van der Waals surface area contributed by atoms with Crippen LogP contribution in [0.2, 0.25) is 5.02 Å². The number of anilines is 1. The second kappa shape index (κ2) is 8.94. The highest BCUT2D eigenvalue weighted by atomic mass is 35.5. The number of imidazole rings is 1. The van der Waals surface area contributed by atoms with E-state index in [4.69, 9.17) is 11.6 Å². The zero-order chi connectivity index (χ0) is 20.9. The van der Waals surface area contributed by atoms with Crippen LogP contribution in [0.4, 0.5) is 5.69 Å². The fourth-order valence-corrected chi connectivity index (χ4v) is 3.77. The lowest BCUT2D eigenvalue weighted by Crippen LogP contribution is -2.21. The molecule has 2 amide bonds. The average molecular weight is 437 g/mol. The zero-order valence-electron chi connectivity index (χ0n) is 15.7. The van der Waals surface area contributed by atoms with Gasteiger partial charge in [0.15, 0.2) is 0 Å². The van der Waals surface area contributed by atoms with E-state index in [9.17, 15) is 9.59 Å². The topological polar surface area (TPSA) is 76.0 Å². The molecule has 0 spiro atoms. The Morgan fingerprint density at radius 2 is 1.90 bits per heavy atom. The number of aromatic nitrogens is 2. The summed E-state index contributed by atoms with van der Waals surface area (Å²) in [5.41, 5.74) is 2.80. The fourth-order valence-electron chi connectivity index (χ4n) is 2.85. The van der Waals surface area contributed by atoms with Crippen LogP contribution < -0.4 is 10.6 Å². The van der Waals surface area contributed by atoms with Crippen molar-refractivity contribution < 1.29 is 9.59 Å². The third-order valence-corrected chi connectivity index (χ3v) is 5.57. The standard InChI is InChI=1S/C22H17ClN4O2S/c23-18-12-17(7-8-19(18)27-10-9-24-14-27)26-21(28)16-5-3-15(4-6-16)13-25-22(29)20-2-1-11-30-20/h1-12,14H,13H2,(H,25,29)(H,26,28). The number of halogens is 1. The molecule has 6 nitrogen and oxygen atoms in total. The van der Waals surface area contributed by atoms with E-state index in [1.54, 1.807) is 53.6 Å². The summed E-state index contributed by atoms with van der Waals surface area (Å²) in [5.74, 6) is -0.349. The molecule has 0 atom stereocenters. The van der Waals surface area contributed by atoms with Gasteiger partial charge >= 0.3 is 0 Å². The van der Waals surface area contributed by atoms with Crippen LogP contribution in [0, 0.1) is 0 Å². The Hall–Kier alpha value is -3.42. The minimum absolute atomic E-state index is 0.108. The maximum absolute atomic E-state index is 12.5. The Morgan fingerprint density at radius 3 is 2.57 bits per heavy atom. The maximum atomic E-state index is 12.5. The molecule has 0 unspecified atom stereocenters. The molecule has 2 heterocycles. The number of hydrogen-bond donors (Lipinski definition) is 2. The SMILES string of the molecule is O=C(Nc1ccc(-n2ccnc2)c(Cl)c1)c1ccc(CNC(=O)c2cccs2)cc1. The first-order valence-corrected chi connectivity index (χ1v) is 10.4. The summed E-state index contributed by atoms with van der Waals surface area (Å²) >= 11 is 7.73. The fraction of sp³-hybridized carbons (Fsp3) is 0.0455. The molecule has 0 aliphatic carbocycles. The molecule has 2 aromatic heterocycles. The van der Waals surface area contributed by atoms with Crippen LogP contribution in [0.15, 0.2) is 78.7 Å². The summed E-state index contributed by atoms with van der Waals surface area (Å²) in [7, 11) is 0. The van der Waals surface area contributed by atoms with Crippen molar-refractivity contribution in [1.29, 1.82) is 0 Å². The normalized spacial score (nSPS) is 10.6. The highest BCUT2D eigenvalue weighted by molar-refractivity contribution is 7.12. The van der Waals surface area contributed by atoms with Crippen LogP contribution in [-0.4, -0.2) is 21.4 Å². The number of carbonyl (C=O) groups is 2. The van der Waals surface area contributed by atoms with E-state index in [1.807, 2.05) is 29.6 Å². The molecule has 2 N–H and O–H groups in total. The molecule has 0 saturated carbocycles. The maximum Gasteiger partial charge on any atom is 0.261 e. The highest BCUT2D eigenvalue weighted by Crippen LogP contribution is 2.24. The minimum atomic E-state index is -0.240. The number of nitrogens with one attached hydrogen (secondary N) is 2. The first-order chi connectivity index (χ1) is 14.6. The van der Waals surface area contributed by atoms with Gasteiger partial charge in [-0.1, -0.05) is 29.8 Å². The minimum Gasteiger partial charge on any atom is -0.347 e. The Labute approximate surface area is 182 Å². The van der Waals surface area contributed by atoms with E-state index >= 15 is 0 Å². The van der Waals surface area contributed by atoms with Crippen molar-refractivity contribution in [2.45, 2.75) is 6.54 Å². The van der Waals surface area contributed by atoms with Crippen molar-refractivity contribution in [2.24, 2.45) is 0 Å². The van der Waals surface area contributed by atoms with Gasteiger partial charge in [0.05, 0.1) is 21.9 Å². The molecule has 4 aromatic rings. The van der Waals surface area contributed by atoms with Gasteiger partial charge in [-0.05, 0) is 47.3 Å². The summed E-state index contributed by atoms with van der Waals surface area (Å²) in [6, 6.07) is 16.0. The Bertz CT molecular complexity index is 1160. The zero-order valence-corrected chi connectivity index (χ0v) is 17.3. The molecule has 0 bridgehead atoms. The monoisotopic (exact) mass is 436 g/mol. The van der Waals surface area contributed by atoms with Crippen LogP contribution in [0.25, 0.3) is 5.69 Å². The predicted octanol–water partition coefficient (Wildman–Crippen LogP) is 4.77. The van der Waals surface area contributed by atoms with Gasteiger partial charge in [-0.2, -0.15) is 0 Å². The van der Waals surface area contributed by atoms with Crippen molar-refractivity contribution in [3.63, 3.8) is 0 Å². The Morgan fingerprint density at radius 1 is 1.07 bits per heavy atom. The smallest absolute Gasteiger partial charge is 0.261 e. The summed E-state index contributed by atoms with van der Waals surface area (Å²) in [6.07, 6.45) is 5.12. The molecule has 0 radical (unpaired) electrons. The summed E-state index contributed by atoms with van der Waals surface area (Å²) < 4.78 is 1.80. The lowest BCUT2D eigenvalue weighted by molar-refractivity contribution is 0.0953. The third-order valence-electron chi connectivity index (χ3n) is 4.40. The number of thiophene rings is 1. The van der Waals surface area contributed by atoms with Gasteiger partial charge in [0.25, 0.3) is 11.8 Å². The van der Waals surface area contributed by atoms with Crippen molar-refractivity contribution in [3.8, 4) is 5.69 Å². The van der Waals surface area contributed by atoms with Gasteiger partial charge in [-0.3, -0.25) is 9.59 Å². The Kier molecular flexibility index (Phi) is 5.92. The molecule has 0 fully saturated rings. The van der Waals surface area contributed by atoms with Crippen molar-refractivity contribution in [3.05, 3.63) is 99.7 Å². The van der Waals surface area contributed by atoms with Crippen LogP contribution in [0.3, 0.4) is 0 Å². The van der Waals surface area contributed by atoms with Gasteiger partial charge in [0, 0.05) is 30.2 Å². The molecule has 150 valence electrons. The second-order valence-corrected chi connectivity index (χ2v) is 7.80. The third kappa shape index (κ3) is 4.59. The summed E-state index contributed by atoms with van der Waals surface area (Å²) in [5, 5.41) is 8.07. The number of benzene rings is 2. The van der Waals surface area contributed by atoms with Gasteiger partial charge in [-0.15, -0.1) is 11.3 Å².